The fourth-order valence-electron chi connectivity index (χ4n) is 2.71. The summed E-state index contributed by atoms with van der Waals surface area (Å²) in [6, 6.07) is 9.83. The van der Waals surface area contributed by atoms with Crippen LogP contribution in [0.1, 0.15) is 25.3 Å². The number of benzene rings is 1. The van der Waals surface area contributed by atoms with Crippen molar-refractivity contribution in [2.24, 2.45) is 11.0 Å². The number of hydrogen-bond acceptors (Lipinski definition) is 5. The Hall–Kier alpha value is -2.47. The van der Waals surface area contributed by atoms with Crippen LogP contribution in [0.5, 0.6) is 0 Å². The number of hydrazone groups is 1. The number of rotatable bonds is 3. The van der Waals surface area contributed by atoms with Crippen LogP contribution in [-0.2, 0) is 4.79 Å². The van der Waals surface area contributed by atoms with E-state index in [9.17, 15) is 4.79 Å². The normalized spacial score (nSPS) is 18.0. The molecule has 1 atom stereocenters. The SMILES string of the molecule is CCC1CC(c2ccc3nc(-c4cccs4)oc3c2)=NNC1=O. The van der Waals surface area contributed by atoms with E-state index >= 15 is 0 Å². The largest absolute Gasteiger partial charge is 0.435 e. The van der Waals surface area contributed by atoms with Crippen molar-refractivity contribution in [3.63, 3.8) is 0 Å². The van der Waals surface area contributed by atoms with Gasteiger partial charge >= 0.3 is 0 Å². The molecule has 4 rings (SSSR count). The lowest BCUT2D eigenvalue weighted by Gasteiger charge is -2.19. The van der Waals surface area contributed by atoms with Crippen LogP contribution in [0.3, 0.4) is 0 Å². The van der Waals surface area contributed by atoms with E-state index in [0.717, 1.165) is 33.7 Å². The van der Waals surface area contributed by atoms with Gasteiger partial charge in [-0.3, -0.25) is 4.79 Å². The van der Waals surface area contributed by atoms with Gasteiger partial charge in [-0.1, -0.05) is 19.1 Å². The molecule has 5 nitrogen and oxygen atoms in total. The quantitative estimate of drug-likeness (QED) is 0.796. The number of fused-ring (bicyclic) bond motifs is 1. The first-order valence-electron chi connectivity index (χ1n) is 7.56. The maximum Gasteiger partial charge on any atom is 0.243 e. The summed E-state index contributed by atoms with van der Waals surface area (Å²) >= 11 is 1.60. The van der Waals surface area contributed by atoms with Crippen molar-refractivity contribution >= 4 is 34.1 Å². The topological polar surface area (TPSA) is 67.5 Å². The third kappa shape index (κ3) is 2.55. The Morgan fingerprint density at radius 2 is 2.30 bits per heavy atom. The van der Waals surface area contributed by atoms with E-state index in [-0.39, 0.29) is 11.8 Å². The van der Waals surface area contributed by atoms with E-state index in [0.29, 0.717) is 12.3 Å². The average molecular weight is 325 g/mol. The summed E-state index contributed by atoms with van der Waals surface area (Å²) < 4.78 is 5.88. The van der Waals surface area contributed by atoms with E-state index in [1.165, 1.54) is 0 Å². The Balaban J connectivity index is 1.70. The van der Waals surface area contributed by atoms with Gasteiger partial charge in [0.25, 0.3) is 0 Å². The molecular weight excluding hydrogens is 310 g/mol. The van der Waals surface area contributed by atoms with Gasteiger partial charge in [-0.15, -0.1) is 11.3 Å². The first kappa shape index (κ1) is 14.1. The van der Waals surface area contributed by atoms with Crippen molar-refractivity contribution in [1.82, 2.24) is 10.4 Å². The summed E-state index contributed by atoms with van der Waals surface area (Å²) in [4.78, 5) is 17.2. The highest BCUT2D eigenvalue weighted by atomic mass is 32.1. The standard InChI is InChI=1S/C17H15N3O2S/c1-2-10-8-13(19-20-16(10)21)11-5-6-12-14(9-11)22-17(18-12)15-4-3-7-23-15/h3-7,9-10H,2,8H2,1H3,(H,20,21). The monoisotopic (exact) mass is 325 g/mol. The Morgan fingerprint density at radius 3 is 3.09 bits per heavy atom. The summed E-state index contributed by atoms with van der Waals surface area (Å²) in [5, 5.41) is 6.20. The molecule has 23 heavy (non-hydrogen) atoms. The minimum atomic E-state index is -0.0189. The number of aromatic nitrogens is 1. The number of oxazole rings is 1. The Morgan fingerprint density at radius 1 is 1.39 bits per heavy atom. The van der Waals surface area contributed by atoms with E-state index in [1.54, 1.807) is 11.3 Å². The number of nitrogens with zero attached hydrogens (tertiary/aromatic N) is 2. The fraction of sp³-hybridized carbons (Fsp3) is 0.235. The zero-order chi connectivity index (χ0) is 15.8. The maximum atomic E-state index is 11.7. The van der Waals surface area contributed by atoms with Crippen molar-refractivity contribution in [1.29, 1.82) is 0 Å². The molecule has 1 unspecified atom stereocenters. The summed E-state index contributed by atoms with van der Waals surface area (Å²) in [7, 11) is 0. The molecule has 1 N–H and O–H groups in total. The number of thiophene rings is 1. The number of carbonyl (C=O) groups excluding carboxylic acids is 1. The third-order valence-corrected chi connectivity index (χ3v) is 4.92. The second-order valence-electron chi connectivity index (χ2n) is 5.52. The second kappa shape index (κ2) is 5.62. The van der Waals surface area contributed by atoms with Crippen LogP contribution in [0.2, 0.25) is 0 Å². The molecule has 0 bridgehead atoms. The molecule has 3 aromatic rings. The molecule has 0 spiro atoms. The molecule has 0 fully saturated rings. The minimum Gasteiger partial charge on any atom is -0.435 e. The fourth-order valence-corrected chi connectivity index (χ4v) is 3.36. The molecule has 0 saturated carbocycles. The van der Waals surface area contributed by atoms with E-state index in [4.69, 9.17) is 4.42 Å². The summed E-state index contributed by atoms with van der Waals surface area (Å²) in [5.41, 5.74) is 6.01. The molecular formula is C17H15N3O2S. The Labute approximate surface area is 137 Å². The van der Waals surface area contributed by atoms with Crippen LogP contribution in [-0.4, -0.2) is 16.6 Å². The van der Waals surface area contributed by atoms with Crippen molar-refractivity contribution in [3.8, 4) is 10.8 Å². The van der Waals surface area contributed by atoms with Crippen LogP contribution >= 0.6 is 11.3 Å². The third-order valence-electron chi connectivity index (χ3n) is 4.06. The van der Waals surface area contributed by atoms with Gasteiger partial charge in [0, 0.05) is 17.9 Å². The van der Waals surface area contributed by atoms with Gasteiger partial charge in [0.1, 0.15) is 5.52 Å². The maximum absolute atomic E-state index is 11.7. The lowest BCUT2D eigenvalue weighted by Crippen LogP contribution is -2.34. The molecule has 0 aliphatic carbocycles. The van der Waals surface area contributed by atoms with Gasteiger partial charge in [-0.05, 0) is 30.0 Å². The molecule has 0 saturated heterocycles. The van der Waals surface area contributed by atoms with Crippen molar-refractivity contribution in [2.75, 3.05) is 0 Å². The molecule has 116 valence electrons. The van der Waals surface area contributed by atoms with Gasteiger partial charge in [0.2, 0.25) is 11.8 Å². The van der Waals surface area contributed by atoms with Crippen molar-refractivity contribution in [2.45, 2.75) is 19.8 Å². The number of hydrogen-bond donors (Lipinski definition) is 1. The number of carbonyl (C=O) groups is 1. The van der Waals surface area contributed by atoms with E-state index in [2.05, 4.69) is 15.5 Å². The van der Waals surface area contributed by atoms with Gasteiger partial charge in [-0.2, -0.15) is 5.10 Å². The molecule has 1 amide bonds. The van der Waals surface area contributed by atoms with Gasteiger partial charge in [0.05, 0.1) is 10.6 Å². The zero-order valence-corrected chi connectivity index (χ0v) is 13.4. The molecule has 1 aliphatic heterocycles. The van der Waals surface area contributed by atoms with E-state index < -0.39 is 0 Å². The van der Waals surface area contributed by atoms with Crippen LogP contribution in [0.15, 0.2) is 45.2 Å². The zero-order valence-electron chi connectivity index (χ0n) is 12.6. The number of nitrogens with one attached hydrogen (secondary N) is 1. The molecule has 6 heteroatoms. The van der Waals surface area contributed by atoms with E-state index in [1.807, 2.05) is 42.6 Å². The highest BCUT2D eigenvalue weighted by Crippen LogP contribution is 2.29. The molecule has 3 heterocycles. The predicted octanol–water partition coefficient (Wildman–Crippen LogP) is 3.81. The highest BCUT2D eigenvalue weighted by molar-refractivity contribution is 7.13. The smallest absolute Gasteiger partial charge is 0.243 e. The first-order valence-corrected chi connectivity index (χ1v) is 8.44. The summed E-state index contributed by atoms with van der Waals surface area (Å²) in [5.74, 6) is 0.615. The van der Waals surface area contributed by atoms with Crippen molar-refractivity contribution in [3.05, 3.63) is 41.3 Å². The van der Waals surface area contributed by atoms with Crippen LogP contribution in [0.25, 0.3) is 21.9 Å². The minimum absolute atomic E-state index is 0.00280. The second-order valence-corrected chi connectivity index (χ2v) is 6.47. The molecule has 1 aromatic carbocycles. The molecule has 0 radical (unpaired) electrons. The lowest BCUT2D eigenvalue weighted by molar-refractivity contribution is -0.125. The van der Waals surface area contributed by atoms with Gasteiger partial charge in [-0.25, -0.2) is 10.4 Å². The highest BCUT2D eigenvalue weighted by Gasteiger charge is 2.24. The van der Waals surface area contributed by atoms with Crippen molar-refractivity contribution < 1.29 is 9.21 Å². The lowest BCUT2D eigenvalue weighted by atomic mass is 9.93. The first-order chi connectivity index (χ1) is 11.2. The van der Waals surface area contributed by atoms with Gasteiger partial charge < -0.3 is 4.42 Å². The Bertz CT molecular complexity index is 896. The molecule has 1 aliphatic rings. The number of amides is 1. The van der Waals surface area contributed by atoms with Crippen LogP contribution in [0, 0.1) is 5.92 Å². The summed E-state index contributed by atoms with van der Waals surface area (Å²) in [6.45, 7) is 2.01. The predicted molar refractivity (Wildman–Crippen MR) is 90.4 cm³/mol. The molecule has 2 aromatic heterocycles. The van der Waals surface area contributed by atoms with Crippen LogP contribution < -0.4 is 5.43 Å². The average Bonchev–Trinajstić information content (AvgIpc) is 3.23. The summed E-state index contributed by atoms with van der Waals surface area (Å²) in [6.07, 6.45) is 1.46. The van der Waals surface area contributed by atoms with Crippen LogP contribution in [0.4, 0.5) is 0 Å². The van der Waals surface area contributed by atoms with Gasteiger partial charge in [0.15, 0.2) is 5.58 Å². The Kier molecular flexibility index (Phi) is 3.46.